The van der Waals surface area contributed by atoms with Crippen LogP contribution in [0.4, 0.5) is 0 Å². The first-order valence-electron chi connectivity index (χ1n) is 5.11. The molecule has 1 aromatic heterocycles. The van der Waals surface area contributed by atoms with Crippen LogP contribution in [0.15, 0.2) is 12.1 Å². The van der Waals surface area contributed by atoms with E-state index in [-0.39, 0.29) is 0 Å². The highest BCUT2D eigenvalue weighted by Crippen LogP contribution is 2.24. The second-order valence-corrected chi connectivity index (χ2v) is 5.53. The summed E-state index contributed by atoms with van der Waals surface area (Å²) in [5.41, 5.74) is 0. The zero-order valence-electron chi connectivity index (χ0n) is 9.01. The number of rotatable bonds is 5. The largest absolute Gasteiger partial charge is 0.314 e. The van der Waals surface area contributed by atoms with Gasteiger partial charge in [-0.25, -0.2) is 0 Å². The average molecular weight is 232 g/mol. The van der Waals surface area contributed by atoms with Crippen molar-refractivity contribution < 1.29 is 0 Å². The zero-order valence-corrected chi connectivity index (χ0v) is 10.6. The van der Waals surface area contributed by atoms with Crippen LogP contribution in [0.3, 0.4) is 0 Å². The van der Waals surface area contributed by atoms with E-state index >= 15 is 0 Å². The summed E-state index contributed by atoms with van der Waals surface area (Å²) in [6, 6.07) is 4.68. The number of halogens is 1. The Morgan fingerprint density at radius 2 is 2.14 bits per heavy atom. The summed E-state index contributed by atoms with van der Waals surface area (Å²) in [4.78, 5) is 1.38. The minimum atomic E-state index is 0.570. The molecule has 80 valence electrons. The molecule has 0 radical (unpaired) electrons. The van der Waals surface area contributed by atoms with Crippen molar-refractivity contribution in [2.75, 3.05) is 6.54 Å². The Balaban J connectivity index is 2.43. The minimum absolute atomic E-state index is 0.570. The zero-order chi connectivity index (χ0) is 10.6. The molecule has 0 aromatic carbocycles. The molecule has 0 aliphatic carbocycles. The van der Waals surface area contributed by atoms with Crippen LogP contribution >= 0.6 is 22.9 Å². The van der Waals surface area contributed by atoms with E-state index in [0.29, 0.717) is 12.0 Å². The smallest absolute Gasteiger partial charge is 0.0931 e. The molecule has 0 saturated heterocycles. The van der Waals surface area contributed by atoms with E-state index in [9.17, 15) is 0 Å². The van der Waals surface area contributed by atoms with Crippen molar-refractivity contribution in [2.45, 2.75) is 33.2 Å². The Hall–Kier alpha value is -0.0500. The maximum atomic E-state index is 5.89. The van der Waals surface area contributed by atoms with E-state index in [4.69, 9.17) is 11.6 Å². The molecule has 0 saturated carbocycles. The van der Waals surface area contributed by atoms with Crippen LogP contribution < -0.4 is 5.32 Å². The van der Waals surface area contributed by atoms with Crippen molar-refractivity contribution in [1.82, 2.24) is 5.32 Å². The predicted molar refractivity (Wildman–Crippen MR) is 65.3 cm³/mol. The van der Waals surface area contributed by atoms with Gasteiger partial charge in [-0.1, -0.05) is 25.4 Å². The standard InChI is InChI=1S/C11H18ClNS/c1-4-13-9(3)8(2)7-10-5-6-11(12)14-10/h5-6,8-9,13H,4,7H2,1-3H3. The molecule has 1 heterocycles. The third-order valence-corrected chi connectivity index (χ3v) is 3.79. The fraction of sp³-hybridized carbons (Fsp3) is 0.636. The maximum absolute atomic E-state index is 5.89. The summed E-state index contributed by atoms with van der Waals surface area (Å²) in [5, 5.41) is 3.44. The number of nitrogens with one attached hydrogen (secondary N) is 1. The van der Waals surface area contributed by atoms with E-state index in [1.807, 2.05) is 6.07 Å². The van der Waals surface area contributed by atoms with Gasteiger partial charge in [0.05, 0.1) is 4.34 Å². The summed E-state index contributed by atoms with van der Waals surface area (Å²) in [6.45, 7) is 7.70. The van der Waals surface area contributed by atoms with Crippen molar-refractivity contribution in [3.8, 4) is 0 Å². The van der Waals surface area contributed by atoms with Crippen LogP contribution in [0.25, 0.3) is 0 Å². The molecule has 0 spiro atoms. The van der Waals surface area contributed by atoms with Crippen molar-refractivity contribution in [3.63, 3.8) is 0 Å². The molecule has 2 atom stereocenters. The number of thiophene rings is 1. The van der Waals surface area contributed by atoms with Crippen LogP contribution in [0.2, 0.25) is 4.34 Å². The molecule has 0 aliphatic heterocycles. The first-order chi connectivity index (χ1) is 6.63. The van der Waals surface area contributed by atoms with E-state index in [2.05, 4.69) is 32.2 Å². The van der Waals surface area contributed by atoms with Gasteiger partial charge in [-0.15, -0.1) is 11.3 Å². The highest BCUT2D eigenvalue weighted by Gasteiger charge is 2.12. The lowest BCUT2D eigenvalue weighted by atomic mass is 9.99. The molecule has 0 aliphatic rings. The molecule has 2 unspecified atom stereocenters. The lowest BCUT2D eigenvalue weighted by Gasteiger charge is -2.19. The summed E-state index contributed by atoms with van der Waals surface area (Å²) < 4.78 is 0.892. The highest BCUT2D eigenvalue weighted by molar-refractivity contribution is 7.16. The van der Waals surface area contributed by atoms with Crippen molar-refractivity contribution in [2.24, 2.45) is 5.92 Å². The van der Waals surface area contributed by atoms with Gasteiger partial charge < -0.3 is 5.32 Å². The monoisotopic (exact) mass is 231 g/mol. The van der Waals surface area contributed by atoms with E-state index in [0.717, 1.165) is 17.3 Å². The lowest BCUT2D eigenvalue weighted by molar-refractivity contribution is 0.408. The molecule has 1 aromatic rings. The average Bonchev–Trinajstić information content (AvgIpc) is 2.51. The molecule has 1 rings (SSSR count). The van der Waals surface area contributed by atoms with E-state index in [1.165, 1.54) is 4.88 Å². The Bertz CT molecular complexity index is 272. The van der Waals surface area contributed by atoms with Gasteiger partial charge in [0.25, 0.3) is 0 Å². The summed E-state index contributed by atoms with van der Waals surface area (Å²) in [5.74, 6) is 0.657. The lowest BCUT2D eigenvalue weighted by Crippen LogP contribution is -2.32. The molecular weight excluding hydrogens is 214 g/mol. The van der Waals surface area contributed by atoms with Crippen LogP contribution in [0, 0.1) is 5.92 Å². The molecule has 0 amide bonds. The molecule has 1 nitrogen and oxygen atoms in total. The van der Waals surface area contributed by atoms with Crippen LogP contribution in [-0.2, 0) is 6.42 Å². The van der Waals surface area contributed by atoms with Gasteiger partial charge >= 0.3 is 0 Å². The fourth-order valence-electron chi connectivity index (χ4n) is 1.48. The van der Waals surface area contributed by atoms with Gasteiger partial charge in [0.2, 0.25) is 0 Å². The first-order valence-corrected chi connectivity index (χ1v) is 6.30. The summed E-state index contributed by atoms with van der Waals surface area (Å²) in [7, 11) is 0. The Morgan fingerprint density at radius 3 is 2.64 bits per heavy atom. The Kier molecular flexibility index (Phi) is 4.93. The second kappa shape index (κ2) is 5.74. The van der Waals surface area contributed by atoms with Crippen LogP contribution in [0.5, 0.6) is 0 Å². The molecule has 3 heteroatoms. The van der Waals surface area contributed by atoms with Gasteiger partial charge in [0.1, 0.15) is 0 Å². The Morgan fingerprint density at radius 1 is 1.43 bits per heavy atom. The Labute approximate surface area is 95.5 Å². The summed E-state index contributed by atoms with van der Waals surface area (Å²) >= 11 is 7.58. The molecular formula is C11H18ClNS. The fourth-order valence-corrected chi connectivity index (χ4v) is 2.71. The summed E-state index contributed by atoms with van der Waals surface area (Å²) in [6.07, 6.45) is 1.12. The third kappa shape index (κ3) is 3.60. The SMILES string of the molecule is CCNC(C)C(C)Cc1ccc(Cl)s1. The van der Waals surface area contributed by atoms with Gasteiger partial charge in [-0.05, 0) is 37.9 Å². The van der Waals surface area contributed by atoms with Crippen molar-refractivity contribution >= 4 is 22.9 Å². The van der Waals surface area contributed by atoms with Crippen LogP contribution in [0.1, 0.15) is 25.6 Å². The van der Waals surface area contributed by atoms with E-state index < -0.39 is 0 Å². The molecule has 14 heavy (non-hydrogen) atoms. The van der Waals surface area contributed by atoms with Gasteiger partial charge in [0.15, 0.2) is 0 Å². The number of hydrogen-bond donors (Lipinski definition) is 1. The van der Waals surface area contributed by atoms with E-state index in [1.54, 1.807) is 11.3 Å². The van der Waals surface area contributed by atoms with Gasteiger partial charge in [0, 0.05) is 10.9 Å². The number of hydrogen-bond acceptors (Lipinski definition) is 2. The normalized spacial score (nSPS) is 15.4. The highest BCUT2D eigenvalue weighted by atomic mass is 35.5. The first kappa shape index (κ1) is 12.0. The molecule has 1 N–H and O–H groups in total. The van der Waals surface area contributed by atoms with Gasteiger partial charge in [-0.3, -0.25) is 0 Å². The van der Waals surface area contributed by atoms with Crippen LogP contribution in [-0.4, -0.2) is 12.6 Å². The maximum Gasteiger partial charge on any atom is 0.0931 e. The van der Waals surface area contributed by atoms with Crippen molar-refractivity contribution in [1.29, 1.82) is 0 Å². The topological polar surface area (TPSA) is 12.0 Å². The quantitative estimate of drug-likeness (QED) is 0.817. The molecule has 0 bridgehead atoms. The predicted octanol–water partition coefficient (Wildman–Crippen LogP) is 3.58. The minimum Gasteiger partial charge on any atom is -0.314 e. The molecule has 0 fully saturated rings. The third-order valence-electron chi connectivity index (χ3n) is 2.53. The van der Waals surface area contributed by atoms with Crippen molar-refractivity contribution in [3.05, 3.63) is 21.3 Å². The van der Waals surface area contributed by atoms with Gasteiger partial charge in [-0.2, -0.15) is 0 Å². The second-order valence-electron chi connectivity index (χ2n) is 3.73.